The van der Waals surface area contributed by atoms with E-state index in [1.807, 2.05) is 0 Å². The van der Waals surface area contributed by atoms with E-state index in [0.717, 1.165) is 0 Å². The van der Waals surface area contributed by atoms with Gasteiger partial charge in [-0.15, -0.1) is 5.10 Å². The van der Waals surface area contributed by atoms with Crippen molar-refractivity contribution in [2.75, 3.05) is 0 Å². The highest BCUT2D eigenvalue weighted by atomic mass is 79.9. The molecule has 194 valence electrons. The summed E-state index contributed by atoms with van der Waals surface area (Å²) in [5.74, 6) is -0.462. The second kappa shape index (κ2) is 10.8. The largest absolute Gasteiger partial charge is 0.435 e. The van der Waals surface area contributed by atoms with Crippen molar-refractivity contribution in [3.8, 4) is 11.8 Å². The van der Waals surface area contributed by atoms with Crippen molar-refractivity contribution in [2.45, 2.75) is 57.3 Å². The molecule has 1 fully saturated rings. The van der Waals surface area contributed by atoms with E-state index in [1.54, 1.807) is 25.1 Å². The number of hydrogen-bond donors (Lipinski definition) is 2. The topological polar surface area (TPSA) is 139 Å². The lowest BCUT2D eigenvalue weighted by Crippen LogP contribution is -2.54. The smallest absolute Gasteiger partial charge is 0.428 e. The van der Waals surface area contributed by atoms with Crippen LogP contribution in [-0.2, 0) is 4.74 Å². The van der Waals surface area contributed by atoms with Crippen LogP contribution >= 0.6 is 15.9 Å². The Morgan fingerprint density at radius 2 is 2.08 bits per heavy atom. The third kappa shape index (κ3) is 5.85. The van der Waals surface area contributed by atoms with Gasteiger partial charge in [-0.1, -0.05) is 15.9 Å². The first-order valence-corrected chi connectivity index (χ1v) is 12.3. The third-order valence-corrected chi connectivity index (χ3v) is 7.22. The minimum atomic E-state index is -3.01. The Labute approximate surface area is 219 Å². The van der Waals surface area contributed by atoms with Crippen molar-refractivity contribution < 1.29 is 27.8 Å². The number of nitriles is 1. The van der Waals surface area contributed by atoms with Crippen LogP contribution < -0.4 is 15.5 Å². The standard InChI is InChI=1S/C24H23BrF2N6O4/c1-14(30-20(34)18-3-2-10-29-31-18)12-23(13-28)6-8-24(9-7-23)19(32-33-22(35)37-24)16-11-15(36-21(26)27)4-5-17(16)25/h2-5,10-11,14,21H,6-9,12H2,1H3,(H,30,34)(H,33,35)/t14-,23?,24?/m0/s1. The second-order valence-electron chi connectivity index (χ2n) is 9.06. The number of nitrogens with zero attached hydrogens (tertiary/aromatic N) is 4. The highest BCUT2D eigenvalue weighted by Crippen LogP contribution is 2.48. The molecule has 0 radical (unpaired) electrons. The van der Waals surface area contributed by atoms with E-state index in [4.69, 9.17) is 4.74 Å². The average molecular weight is 577 g/mol. The van der Waals surface area contributed by atoms with Crippen LogP contribution in [0.25, 0.3) is 0 Å². The predicted molar refractivity (Wildman–Crippen MR) is 130 cm³/mol. The molecule has 10 nitrogen and oxygen atoms in total. The number of ether oxygens (including phenoxy) is 2. The average Bonchev–Trinajstić information content (AvgIpc) is 2.87. The van der Waals surface area contributed by atoms with Gasteiger partial charge in [0.15, 0.2) is 11.3 Å². The van der Waals surface area contributed by atoms with Crippen molar-refractivity contribution in [1.82, 2.24) is 20.9 Å². The van der Waals surface area contributed by atoms with Gasteiger partial charge in [0.2, 0.25) is 0 Å². The maximum Gasteiger partial charge on any atom is 0.428 e. The third-order valence-electron chi connectivity index (χ3n) is 6.53. The van der Waals surface area contributed by atoms with E-state index in [9.17, 15) is 23.6 Å². The lowest BCUT2D eigenvalue weighted by molar-refractivity contribution is -0.0498. The van der Waals surface area contributed by atoms with Gasteiger partial charge in [0.05, 0.1) is 11.5 Å². The highest BCUT2D eigenvalue weighted by Gasteiger charge is 2.51. The van der Waals surface area contributed by atoms with Gasteiger partial charge in [0, 0.05) is 22.3 Å². The molecule has 2 N–H and O–H groups in total. The molecular formula is C24H23BrF2N6O4. The molecule has 1 saturated carbocycles. The number of carbonyl (C=O) groups is 2. The van der Waals surface area contributed by atoms with Gasteiger partial charge in [-0.05, 0) is 69.4 Å². The normalized spacial score (nSPS) is 23.9. The van der Waals surface area contributed by atoms with Gasteiger partial charge in [-0.2, -0.15) is 24.2 Å². The first-order valence-electron chi connectivity index (χ1n) is 11.5. The Morgan fingerprint density at radius 3 is 2.73 bits per heavy atom. The van der Waals surface area contributed by atoms with Crippen molar-refractivity contribution >= 4 is 33.6 Å². The van der Waals surface area contributed by atoms with Gasteiger partial charge in [-0.25, -0.2) is 10.2 Å². The molecule has 2 heterocycles. The number of nitrogens with one attached hydrogen (secondary N) is 2. The number of hydrogen-bond acceptors (Lipinski definition) is 8. The molecule has 0 saturated heterocycles. The number of benzene rings is 1. The summed E-state index contributed by atoms with van der Waals surface area (Å²) in [6, 6.07) is 9.54. The molecule has 37 heavy (non-hydrogen) atoms. The quantitative estimate of drug-likeness (QED) is 0.500. The maximum absolute atomic E-state index is 12.8. The molecule has 1 atom stereocenters. The van der Waals surface area contributed by atoms with E-state index in [2.05, 4.69) is 52.8 Å². The molecule has 1 aliphatic carbocycles. The lowest BCUT2D eigenvalue weighted by Gasteiger charge is -2.45. The Hall–Kier alpha value is -3.66. The van der Waals surface area contributed by atoms with E-state index >= 15 is 0 Å². The summed E-state index contributed by atoms with van der Waals surface area (Å²) in [6.07, 6.45) is 2.33. The van der Waals surface area contributed by atoms with Crippen LogP contribution in [0.1, 0.15) is 55.1 Å². The van der Waals surface area contributed by atoms with Gasteiger partial charge in [0.25, 0.3) is 5.91 Å². The molecule has 2 aliphatic rings. The first-order chi connectivity index (χ1) is 17.7. The minimum Gasteiger partial charge on any atom is -0.435 e. The first kappa shape index (κ1) is 26.4. The zero-order chi connectivity index (χ0) is 26.6. The summed E-state index contributed by atoms with van der Waals surface area (Å²) in [4.78, 5) is 24.6. The van der Waals surface area contributed by atoms with Crippen molar-refractivity contribution in [3.63, 3.8) is 0 Å². The molecule has 1 spiro atoms. The monoisotopic (exact) mass is 576 g/mol. The van der Waals surface area contributed by atoms with Crippen LogP contribution in [0.2, 0.25) is 0 Å². The van der Waals surface area contributed by atoms with E-state index in [1.165, 1.54) is 18.3 Å². The molecule has 0 bridgehead atoms. The Morgan fingerprint density at radius 1 is 1.32 bits per heavy atom. The van der Waals surface area contributed by atoms with Crippen LogP contribution in [0.4, 0.5) is 13.6 Å². The summed E-state index contributed by atoms with van der Waals surface area (Å²) < 4.78 is 36.4. The van der Waals surface area contributed by atoms with E-state index < -0.39 is 29.6 Å². The summed E-state index contributed by atoms with van der Waals surface area (Å²) in [7, 11) is 0. The fraction of sp³-hybridized carbons (Fsp3) is 0.417. The SMILES string of the molecule is C[C@@H](CC1(C#N)CCC2(CC1)OC(=O)NN=C2c1cc(OC(F)F)ccc1Br)NC(=O)c1cccnn1. The molecule has 2 amide bonds. The second-order valence-corrected chi connectivity index (χ2v) is 9.91. The van der Waals surface area contributed by atoms with Crippen molar-refractivity contribution in [1.29, 1.82) is 5.26 Å². The highest BCUT2D eigenvalue weighted by molar-refractivity contribution is 9.10. The Balaban J connectivity index is 1.52. The summed E-state index contributed by atoms with van der Waals surface area (Å²) >= 11 is 3.41. The summed E-state index contributed by atoms with van der Waals surface area (Å²) in [5, 5.41) is 24.7. The predicted octanol–water partition coefficient (Wildman–Crippen LogP) is 4.32. The number of amides is 2. The van der Waals surface area contributed by atoms with Gasteiger partial charge >= 0.3 is 12.7 Å². The Kier molecular flexibility index (Phi) is 7.68. The van der Waals surface area contributed by atoms with E-state index in [-0.39, 0.29) is 30.3 Å². The van der Waals surface area contributed by atoms with Crippen LogP contribution in [-0.4, -0.2) is 46.2 Å². The van der Waals surface area contributed by atoms with Gasteiger partial charge < -0.3 is 14.8 Å². The van der Waals surface area contributed by atoms with Crippen molar-refractivity contribution in [3.05, 3.63) is 52.3 Å². The number of hydrazone groups is 1. The summed E-state index contributed by atoms with van der Waals surface area (Å²) in [5.41, 5.74) is 1.27. The van der Waals surface area contributed by atoms with Crippen LogP contribution in [0.3, 0.4) is 0 Å². The number of alkyl halides is 2. The zero-order valence-corrected chi connectivity index (χ0v) is 21.3. The zero-order valence-electron chi connectivity index (χ0n) is 19.7. The molecule has 1 aromatic carbocycles. The molecule has 1 aliphatic heterocycles. The van der Waals surface area contributed by atoms with Crippen molar-refractivity contribution in [2.24, 2.45) is 10.5 Å². The van der Waals surface area contributed by atoms with E-state index in [0.29, 0.717) is 35.0 Å². The number of carbonyl (C=O) groups excluding carboxylic acids is 2. The number of halogens is 3. The fourth-order valence-electron chi connectivity index (χ4n) is 4.81. The van der Waals surface area contributed by atoms with Crippen LogP contribution in [0.5, 0.6) is 5.75 Å². The Bertz CT molecular complexity index is 1250. The fourth-order valence-corrected chi connectivity index (χ4v) is 5.24. The number of rotatable bonds is 7. The molecule has 1 aromatic heterocycles. The van der Waals surface area contributed by atoms with Gasteiger partial charge in [0.1, 0.15) is 11.5 Å². The molecule has 4 rings (SSSR count). The molecule has 2 aromatic rings. The lowest BCUT2D eigenvalue weighted by atomic mass is 9.65. The number of aromatic nitrogens is 2. The minimum absolute atomic E-state index is 0.0715. The van der Waals surface area contributed by atoms with Crippen LogP contribution in [0.15, 0.2) is 46.1 Å². The summed E-state index contributed by atoms with van der Waals surface area (Å²) in [6.45, 7) is -1.20. The maximum atomic E-state index is 12.8. The molecule has 0 unspecified atom stereocenters. The van der Waals surface area contributed by atoms with Crippen LogP contribution in [0, 0.1) is 16.7 Å². The molecule has 13 heteroatoms. The van der Waals surface area contributed by atoms with Gasteiger partial charge in [-0.3, -0.25) is 4.79 Å². The molecular weight excluding hydrogens is 554 g/mol.